The van der Waals surface area contributed by atoms with Gasteiger partial charge in [-0.25, -0.2) is 8.42 Å². The van der Waals surface area contributed by atoms with Crippen molar-refractivity contribution in [2.75, 3.05) is 26.7 Å². The summed E-state index contributed by atoms with van der Waals surface area (Å²) in [4.78, 5) is 10.4. The average Bonchev–Trinajstić information content (AvgIpc) is 3.16. The quantitative estimate of drug-likeness (QED) is 0.464. The Hall–Kier alpha value is -1.93. The molecule has 1 atom stereocenters. The van der Waals surface area contributed by atoms with E-state index in [-0.39, 0.29) is 45.2 Å². The molecule has 2 saturated heterocycles. The van der Waals surface area contributed by atoms with Gasteiger partial charge in [0.2, 0.25) is 9.84 Å². The molecule has 8 nitrogen and oxygen atoms in total. The summed E-state index contributed by atoms with van der Waals surface area (Å²) in [6.45, 7) is 1.97. The number of hydrogen-bond donors (Lipinski definition) is 2. The van der Waals surface area contributed by atoms with Gasteiger partial charge < -0.3 is 32.7 Å². The summed E-state index contributed by atoms with van der Waals surface area (Å²) in [6.07, 6.45) is 1.68. The van der Waals surface area contributed by atoms with E-state index < -0.39 is 20.6 Å². The Morgan fingerprint density at radius 1 is 0.970 bits per heavy atom. The molecular weight excluding hydrogens is 614 g/mol. The maximum absolute atomic E-state index is 13.5. The van der Waals surface area contributed by atoms with Crippen molar-refractivity contribution in [3.05, 3.63) is 61.7 Å². The topological polar surface area (TPSA) is 118 Å². The van der Waals surface area contributed by atoms with Gasteiger partial charge in [0.25, 0.3) is 0 Å². The third kappa shape index (κ3) is 5.11. The van der Waals surface area contributed by atoms with Gasteiger partial charge >= 0.3 is 21.1 Å². The van der Waals surface area contributed by atoms with Gasteiger partial charge in [-0.3, -0.25) is 5.32 Å². The van der Waals surface area contributed by atoms with E-state index in [4.69, 9.17) is 15.2 Å². The van der Waals surface area contributed by atoms with E-state index in [9.17, 15) is 13.2 Å². The maximum atomic E-state index is 13.5. The molecule has 4 rings (SSSR count). The smallest absolute Gasteiger partial charge is 0.665 e. The predicted molar refractivity (Wildman–Crippen MR) is 122 cm³/mol. The number of hydrogen-bond acceptors (Lipinski definition) is 7. The number of piperidine rings is 1. The summed E-state index contributed by atoms with van der Waals surface area (Å²) in [6, 6.07) is 13.0. The third-order valence-electron chi connectivity index (χ3n) is 6.29. The Morgan fingerprint density at radius 2 is 1.48 bits per heavy atom. The van der Waals surface area contributed by atoms with Gasteiger partial charge in [0, 0.05) is 6.54 Å². The fourth-order valence-electron chi connectivity index (χ4n) is 4.43. The van der Waals surface area contributed by atoms with Crippen molar-refractivity contribution in [1.29, 1.82) is 0 Å². The van der Waals surface area contributed by atoms with Gasteiger partial charge in [0.15, 0.2) is 4.87 Å². The first kappa shape index (κ1) is 27.3. The fourth-order valence-corrected chi connectivity index (χ4v) is 6.33. The van der Waals surface area contributed by atoms with Crippen molar-refractivity contribution in [2.24, 2.45) is 5.41 Å². The molecule has 1 unspecified atom stereocenters. The summed E-state index contributed by atoms with van der Waals surface area (Å²) in [5.41, 5.74) is 7.54. The number of rotatable bonds is 6. The largest absolute Gasteiger partial charge is 2.00 e. The molecule has 0 aromatic heterocycles. The van der Waals surface area contributed by atoms with Gasteiger partial charge in [-0.15, -0.1) is 0 Å². The van der Waals surface area contributed by atoms with Gasteiger partial charge in [0.1, 0.15) is 17.2 Å². The number of ether oxygens (including phenoxy) is 2. The Bertz CT molecular complexity index is 1050. The Balaban J connectivity index is 0.00000193. The molecule has 2 fully saturated rings. The summed E-state index contributed by atoms with van der Waals surface area (Å²) in [5.74, 6) is 0.639. The molecule has 0 saturated carbocycles. The van der Waals surface area contributed by atoms with Crippen LogP contribution in [0.5, 0.6) is 17.2 Å². The van der Waals surface area contributed by atoms with Crippen molar-refractivity contribution >= 4 is 15.7 Å². The minimum absolute atomic E-state index is 0. The molecule has 2 aliphatic rings. The van der Waals surface area contributed by atoms with Crippen LogP contribution in [0, 0.1) is 12.8 Å². The summed E-state index contributed by atoms with van der Waals surface area (Å²) < 4.78 is 37.9. The normalized spacial score (nSPS) is 21.5. The molecule has 1 spiro atoms. The van der Waals surface area contributed by atoms with Crippen LogP contribution in [0.25, 0.3) is 5.73 Å². The first-order valence-corrected chi connectivity index (χ1v) is 11.7. The molecule has 178 valence electrons. The summed E-state index contributed by atoms with van der Waals surface area (Å²) >= 11 is 0. The zero-order chi connectivity index (χ0) is 22.1. The molecule has 10 heteroatoms. The van der Waals surface area contributed by atoms with Gasteiger partial charge in [-0.2, -0.15) is 0 Å². The van der Waals surface area contributed by atoms with E-state index in [2.05, 4.69) is 10.6 Å². The first-order chi connectivity index (χ1) is 14.8. The van der Waals surface area contributed by atoms with Crippen LogP contribution in [-0.2, 0) is 35.7 Å². The molecule has 2 aromatic carbocycles. The Labute approximate surface area is 209 Å². The molecule has 3 N–H and O–H groups in total. The van der Waals surface area contributed by atoms with Crippen LogP contribution in [0.1, 0.15) is 19.3 Å². The number of sulfone groups is 1. The Kier molecular flexibility index (Phi) is 8.73. The van der Waals surface area contributed by atoms with Crippen LogP contribution in [0.4, 0.5) is 0 Å². The molecule has 1 amide bonds. The van der Waals surface area contributed by atoms with E-state index in [0.717, 1.165) is 25.9 Å². The molecule has 0 radical (unpaired) electrons. The number of carbonyl (C=O) groups excluding carboxylic acids is 1. The second-order valence-electron chi connectivity index (χ2n) is 8.19. The van der Waals surface area contributed by atoms with Crippen LogP contribution >= 0.6 is 0 Å². The van der Waals surface area contributed by atoms with Crippen molar-refractivity contribution in [2.45, 2.75) is 29.0 Å². The molecule has 33 heavy (non-hydrogen) atoms. The number of nitrogens with one attached hydrogen (secondary N) is 3. The molecule has 2 aromatic rings. The number of amides is 1. The van der Waals surface area contributed by atoms with E-state index >= 15 is 0 Å². The zero-order valence-electron chi connectivity index (χ0n) is 18.7. The van der Waals surface area contributed by atoms with E-state index in [1.165, 1.54) is 12.1 Å². The van der Waals surface area contributed by atoms with Crippen LogP contribution in [0.15, 0.2) is 53.4 Å². The molecule has 2 aliphatic heterocycles. The maximum Gasteiger partial charge on any atom is 2.00 e. The zero-order valence-corrected chi connectivity index (χ0v) is 22.5. The molecule has 0 aliphatic carbocycles. The standard InChI is InChI=1S/C22H27N3O5S.CH3.W/c1-29-16-2-4-17(5-3-16)30-18-6-8-19(9-7-18)31(27,28)22(20(23)26)14-21(15-25-22)10-12-24-13-11-21;;/h2-9,24-25H,10-15H2,1H3,(H2,23,26);1H3;/q;-1;+2/p-1. The van der Waals surface area contributed by atoms with Crippen molar-refractivity contribution in [3.8, 4) is 17.2 Å². The average molecular weight is 643 g/mol. The van der Waals surface area contributed by atoms with Crippen LogP contribution < -0.4 is 20.1 Å². The van der Waals surface area contributed by atoms with Gasteiger partial charge in [-0.05, 0) is 86.3 Å². The second kappa shape index (κ2) is 10.6. The summed E-state index contributed by atoms with van der Waals surface area (Å²) in [5, 5.41) is 6.20. The van der Waals surface area contributed by atoms with Crippen LogP contribution in [0.2, 0.25) is 0 Å². The first-order valence-electron chi connectivity index (χ1n) is 10.2. The van der Waals surface area contributed by atoms with Crippen LogP contribution in [0.3, 0.4) is 0 Å². The molecule has 0 bridgehead atoms. The Morgan fingerprint density at radius 3 is 2.00 bits per heavy atom. The third-order valence-corrected chi connectivity index (χ3v) is 8.58. The monoisotopic (exact) mass is 643 g/mol. The minimum Gasteiger partial charge on any atom is -0.665 e. The van der Waals surface area contributed by atoms with Crippen molar-refractivity contribution in [3.63, 3.8) is 0 Å². The fraction of sp³-hybridized carbons (Fsp3) is 0.391. The predicted octanol–water partition coefficient (Wildman–Crippen LogP) is 3.35. The van der Waals surface area contributed by atoms with Crippen molar-refractivity contribution in [1.82, 2.24) is 10.6 Å². The number of benzene rings is 2. The minimum atomic E-state index is -4.11. The van der Waals surface area contributed by atoms with Crippen molar-refractivity contribution < 1.29 is 43.8 Å². The van der Waals surface area contributed by atoms with E-state index in [0.29, 0.717) is 23.8 Å². The van der Waals surface area contributed by atoms with E-state index in [1.54, 1.807) is 43.5 Å². The SMILES string of the molecule is COc1ccc(Oc2ccc(S(=O)(=O)C3(C([NH-])=O)CC4(CCNCC4)CN3)cc2)cc1.[CH3-].[W+2]. The van der Waals surface area contributed by atoms with Gasteiger partial charge in [-0.1, -0.05) is 0 Å². The van der Waals surface area contributed by atoms with E-state index in [1.807, 2.05) is 0 Å². The molecule has 2 heterocycles. The summed E-state index contributed by atoms with van der Waals surface area (Å²) in [7, 11) is -2.54. The van der Waals surface area contributed by atoms with Gasteiger partial charge in [0.05, 0.1) is 17.9 Å². The number of methoxy groups -OCH3 is 1. The second-order valence-corrected chi connectivity index (χ2v) is 10.4. The van der Waals surface area contributed by atoms with Crippen LogP contribution in [-0.4, -0.2) is 45.9 Å². The number of carbonyl (C=O) groups is 1. The molecular formula is C23H29N3O5SW.